The molecule has 0 aliphatic carbocycles. The second kappa shape index (κ2) is 5.62. The summed E-state index contributed by atoms with van der Waals surface area (Å²) in [5.74, 6) is 1.57. The van der Waals surface area contributed by atoms with E-state index in [1.165, 1.54) is 6.42 Å². The van der Waals surface area contributed by atoms with Crippen LogP contribution >= 0.6 is 0 Å². The molecule has 0 amide bonds. The highest BCUT2D eigenvalue weighted by atomic mass is 16.5. The van der Waals surface area contributed by atoms with Gasteiger partial charge in [0.1, 0.15) is 0 Å². The summed E-state index contributed by atoms with van der Waals surface area (Å²) in [4.78, 5) is 0. The molecule has 3 unspecified atom stereocenters. The van der Waals surface area contributed by atoms with Crippen molar-refractivity contribution in [2.45, 2.75) is 37.9 Å². The van der Waals surface area contributed by atoms with Gasteiger partial charge in [0.15, 0.2) is 11.5 Å². The van der Waals surface area contributed by atoms with Gasteiger partial charge < -0.3 is 19.9 Å². The molecule has 2 saturated heterocycles. The van der Waals surface area contributed by atoms with Crippen LogP contribution in [0, 0.1) is 5.41 Å². The van der Waals surface area contributed by atoms with Crippen molar-refractivity contribution in [3.05, 3.63) is 24.3 Å². The molecule has 2 fully saturated rings. The average molecular weight is 277 g/mol. The minimum absolute atomic E-state index is 0.116. The van der Waals surface area contributed by atoms with E-state index < -0.39 is 0 Å². The number of hydrogen-bond acceptors (Lipinski definition) is 4. The molecule has 1 aromatic carbocycles. The van der Waals surface area contributed by atoms with Gasteiger partial charge in [-0.15, -0.1) is 0 Å². The van der Waals surface area contributed by atoms with Crippen molar-refractivity contribution in [3.63, 3.8) is 0 Å². The highest BCUT2D eigenvalue weighted by molar-refractivity contribution is 5.39. The molecule has 20 heavy (non-hydrogen) atoms. The molecule has 0 saturated carbocycles. The smallest absolute Gasteiger partial charge is 0.161 e. The highest BCUT2D eigenvalue weighted by Crippen LogP contribution is 2.49. The molecule has 4 heteroatoms. The summed E-state index contributed by atoms with van der Waals surface area (Å²) >= 11 is 0. The summed E-state index contributed by atoms with van der Waals surface area (Å²) in [5.41, 5.74) is 6.15. The van der Waals surface area contributed by atoms with Crippen molar-refractivity contribution in [1.82, 2.24) is 0 Å². The summed E-state index contributed by atoms with van der Waals surface area (Å²) in [5, 5.41) is 0. The molecule has 0 radical (unpaired) electrons. The Morgan fingerprint density at radius 3 is 2.70 bits per heavy atom. The number of rotatable bonds is 6. The maximum Gasteiger partial charge on any atom is 0.161 e. The molecule has 2 N–H and O–H groups in total. The molecule has 2 aliphatic rings. The van der Waals surface area contributed by atoms with E-state index in [0.717, 1.165) is 30.8 Å². The van der Waals surface area contributed by atoms with Crippen molar-refractivity contribution in [1.29, 1.82) is 0 Å². The summed E-state index contributed by atoms with van der Waals surface area (Å²) < 4.78 is 17.1. The van der Waals surface area contributed by atoms with E-state index >= 15 is 0 Å². The van der Waals surface area contributed by atoms with Crippen molar-refractivity contribution in [2.24, 2.45) is 11.1 Å². The van der Waals surface area contributed by atoms with E-state index in [2.05, 4.69) is 0 Å². The van der Waals surface area contributed by atoms with Crippen LogP contribution in [-0.2, 0) is 4.74 Å². The second-order valence-electron chi connectivity index (χ2n) is 5.84. The monoisotopic (exact) mass is 277 g/mol. The SMILES string of the molecule is COc1ccccc1OCCC1(CN)CC2CCC1O2. The first-order valence-electron chi connectivity index (χ1n) is 7.39. The molecule has 1 aromatic rings. The summed E-state index contributed by atoms with van der Waals surface area (Å²) in [6, 6.07) is 7.74. The molecule has 4 nitrogen and oxygen atoms in total. The van der Waals surface area contributed by atoms with Crippen LogP contribution in [0.3, 0.4) is 0 Å². The first-order valence-corrected chi connectivity index (χ1v) is 7.39. The van der Waals surface area contributed by atoms with Gasteiger partial charge in [-0.05, 0) is 37.8 Å². The number of methoxy groups -OCH3 is 1. The van der Waals surface area contributed by atoms with Crippen LogP contribution < -0.4 is 15.2 Å². The van der Waals surface area contributed by atoms with Crippen molar-refractivity contribution in [2.75, 3.05) is 20.3 Å². The predicted octanol–water partition coefficient (Wildman–Crippen LogP) is 2.36. The molecule has 2 bridgehead atoms. The fourth-order valence-corrected chi connectivity index (χ4v) is 3.57. The molecule has 0 aromatic heterocycles. The van der Waals surface area contributed by atoms with Crippen molar-refractivity contribution >= 4 is 0 Å². The van der Waals surface area contributed by atoms with Gasteiger partial charge in [-0.3, -0.25) is 0 Å². The molecule has 3 atom stereocenters. The number of nitrogens with two attached hydrogens (primary N) is 1. The Bertz CT molecular complexity index is 465. The van der Waals surface area contributed by atoms with Gasteiger partial charge in [0.2, 0.25) is 0 Å². The number of fused-ring (bicyclic) bond motifs is 2. The predicted molar refractivity (Wildman–Crippen MR) is 77.1 cm³/mol. The molecular formula is C16H23NO3. The lowest BCUT2D eigenvalue weighted by Gasteiger charge is -2.34. The quantitative estimate of drug-likeness (QED) is 0.867. The number of benzene rings is 1. The normalized spacial score (nSPS) is 31.5. The third kappa shape index (κ3) is 2.38. The average Bonchev–Trinajstić information content (AvgIpc) is 3.09. The number of para-hydroxylation sites is 2. The van der Waals surface area contributed by atoms with Crippen LogP contribution in [0.15, 0.2) is 24.3 Å². The van der Waals surface area contributed by atoms with E-state index in [-0.39, 0.29) is 5.41 Å². The Kier molecular flexibility index (Phi) is 3.85. The van der Waals surface area contributed by atoms with Crippen molar-refractivity contribution < 1.29 is 14.2 Å². The number of ether oxygens (including phenoxy) is 3. The van der Waals surface area contributed by atoms with Gasteiger partial charge in [-0.1, -0.05) is 12.1 Å². The zero-order chi connectivity index (χ0) is 14.0. The fourth-order valence-electron chi connectivity index (χ4n) is 3.57. The van der Waals surface area contributed by atoms with Crippen LogP contribution in [0.4, 0.5) is 0 Å². The van der Waals surface area contributed by atoms with E-state index in [0.29, 0.717) is 25.4 Å². The lowest BCUT2D eigenvalue weighted by molar-refractivity contribution is 0.0529. The van der Waals surface area contributed by atoms with Crippen molar-refractivity contribution in [3.8, 4) is 11.5 Å². The molecule has 110 valence electrons. The van der Waals surface area contributed by atoms with Gasteiger partial charge in [0.25, 0.3) is 0 Å². The Balaban J connectivity index is 1.59. The summed E-state index contributed by atoms with van der Waals surface area (Å²) in [6.45, 7) is 1.34. The Hall–Kier alpha value is -1.26. The van der Waals surface area contributed by atoms with Crippen LogP contribution in [0.25, 0.3) is 0 Å². The van der Waals surface area contributed by atoms with Gasteiger partial charge in [-0.25, -0.2) is 0 Å². The molecular weight excluding hydrogens is 254 g/mol. The minimum atomic E-state index is 0.116. The Morgan fingerprint density at radius 1 is 1.30 bits per heavy atom. The van der Waals surface area contributed by atoms with E-state index in [1.807, 2.05) is 24.3 Å². The van der Waals surface area contributed by atoms with Gasteiger partial charge in [-0.2, -0.15) is 0 Å². The maximum atomic E-state index is 6.03. The first kappa shape index (κ1) is 13.7. The van der Waals surface area contributed by atoms with Gasteiger partial charge in [0, 0.05) is 12.0 Å². The molecule has 3 rings (SSSR count). The lowest BCUT2D eigenvalue weighted by Crippen LogP contribution is -2.40. The third-order valence-corrected chi connectivity index (χ3v) is 4.76. The zero-order valence-corrected chi connectivity index (χ0v) is 12.0. The van der Waals surface area contributed by atoms with E-state index in [1.54, 1.807) is 7.11 Å². The first-order chi connectivity index (χ1) is 9.77. The Labute approximate surface area is 120 Å². The summed E-state index contributed by atoms with van der Waals surface area (Å²) in [7, 11) is 1.66. The highest BCUT2D eigenvalue weighted by Gasteiger charge is 2.51. The lowest BCUT2D eigenvalue weighted by atomic mass is 9.72. The van der Waals surface area contributed by atoms with Gasteiger partial charge >= 0.3 is 0 Å². The fraction of sp³-hybridized carbons (Fsp3) is 0.625. The largest absolute Gasteiger partial charge is 0.493 e. The van der Waals surface area contributed by atoms with Crippen LogP contribution in [0.1, 0.15) is 25.7 Å². The van der Waals surface area contributed by atoms with E-state index in [9.17, 15) is 0 Å². The third-order valence-electron chi connectivity index (χ3n) is 4.76. The topological polar surface area (TPSA) is 53.7 Å². The molecule has 2 aliphatic heterocycles. The minimum Gasteiger partial charge on any atom is -0.493 e. The van der Waals surface area contributed by atoms with Gasteiger partial charge in [0.05, 0.1) is 25.9 Å². The standard InChI is InChI=1S/C16H23NO3/c1-18-13-4-2-3-5-14(13)19-9-8-16(11-17)10-12-6-7-15(16)20-12/h2-5,12,15H,6-11,17H2,1H3. The van der Waals surface area contributed by atoms with Crippen LogP contribution in [-0.4, -0.2) is 32.5 Å². The molecule has 2 heterocycles. The summed E-state index contributed by atoms with van der Waals surface area (Å²) in [6.07, 6.45) is 5.14. The molecule has 0 spiro atoms. The number of hydrogen-bond donors (Lipinski definition) is 1. The second-order valence-corrected chi connectivity index (χ2v) is 5.84. The Morgan fingerprint density at radius 2 is 2.10 bits per heavy atom. The van der Waals surface area contributed by atoms with E-state index in [4.69, 9.17) is 19.9 Å². The van der Waals surface area contributed by atoms with Crippen LogP contribution in [0.2, 0.25) is 0 Å². The maximum absolute atomic E-state index is 6.03. The zero-order valence-electron chi connectivity index (χ0n) is 12.0. The van der Waals surface area contributed by atoms with Crippen LogP contribution in [0.5, 0.6) is 11.5 Å².